The van der Waals surface area contributed by atoms with Gasteiger partial charge in [0, 0.05) is 49.4 Å². The number of rotatable bonds is 4. The lowest BCUT2D eigenvalue weighted by Gasteiger charge is -2.52. The molecule has 122 valence electrons. The van der Waals surface area contributed by atoms with Gasteiger partial charge in [0.05, 0.1) is 24.9 Å². The minimum absolute atomic E-state index is 0.0581. The van der Waals surface area contributed by atoms with Crippen molar-refractivity contribution in [1.82, 2.24) is 19.9 Å². The third kappa shape index (κ3) is 3.36. The van der Waals surface area contributed by atoms with Crippen molar-refractivity contribution >= 4 is 11.3 Å². The summed E-state index contributed by atoms with van der Waals surface area (Å²) in [5.41, 5.74) is 1.05. The molecule has 4 heterocycles. The largest absolute Gasteiger partial charge is 0.473 e. The van der Waals surface area contributed by atoms with Gasteiger partial charge >= 0.3 is 0 Å². The molecule has 0 saturated carbocycles. The maximum atomic E-state index is 6.07. The van der Waals surface area contributed by atoms with Gasteiger partial charge in [0.25, 0.3) is 0 Å². The number of aryl methyl sites for hydroxylation is 1. The Labute approximate surface area is 139 Å². The highest BCUT2D eigenvalue weighted by molar-refractivity contribution is 7.09. The molecule has 7 heteroatoms. The molecular formula is C16H20N4O2S. The van der Waals surface area contributed by atoms with E-state index in [-0.39, 0.29) is 11.7 Å². The molecule has 2 aromatic heterocycles. The molecule has 23 heavy (non-hydrogen) atoms. The Kier molecular flexibility index (Phi) is 4.00. The monoisotopic (exact) mass is 332 g/mol. The van der Waals surface area contributed by atoms with E-state index in [0.717, 1.165) is 44.8 Å². The van der Waals surface area contributed by atoms with Gasteiger partial charge in [-0.05, 0) is 6.92 Å². The van der Waals surface area contributed by atoms with Crippen LogP contribution in [0, 0.1) is 6.92 Å². The molecule has 0 radical (unpaired) electrons. The molecule has 0 aromatic carbocycles. The first-order valence-electron chi connectivity index (χ1n) is 7.91. The van der Waals surface area contributed by atoms with Crippen LogP contribution in [0.1, 0.15) is 23.5 Å². The number of hydrogen-bond acceptors (Lipinski definition) is 7. The summed E-state index contributed by atoms with van der Waals surface area (Å²) in [6, 6.07) is 0. The van der Waals surface area contributed by atoms with Crippen LogP contribution in [-0.4, -0.2) is 51.3 Å². The molecule has 0 bridgehead atoms. The molecule has 6 nitrogen and oxygen atoms in total. The Balaban J connectivity index is 1.32. The van der Waals surface area contributed by atoms with Crippen LogP contribution in [0.3, 0.4) is 0 Å². The van der Waals surface area contributed by atoms with Gasteiger partial charge in [0.2, 0.25) is 5.88 Å². The Morgan fingerprint density at radius 1 is 1.43 bits per heavy atom. The highest BCUT2D eigenvalue weighted by Crippen LogP contribution is 2.36. The zero-order valence-corrected chi connectivity index (χ0v) is 14.0. The molecule has 2 fully saturated rings. The number of nitrogens with zero attached hydrogens (tertiary/aromatic N) is 4. The lowest BCUT2D eigenvalue weighted by molar-refractivity contribution is -0.188. The van der Waals surface area contributed by atoms with Crippen molar-refractivity contribution < 1.29 is 9.47 Å². The molecule has 4 rings (SSSR count). The van der Waals surface area contributed by atoms with Crippen molar-refractivity contribution in [3.63, 3.8) is 0 Å². The van der Waals surface area contributed by atoms with Gasteiger partial charge in [-0.25, -0.2) is 9.97 Å². The maximum Gasteiger partial charge on any atom is 0.232 e. The van der Waals surface area contributed by atoms with E-state index in [1.807, 2.05) is 6.92 Å². The summed E-state index contributed by atoms with van der Waals surface area (Å²) in [7, 11) is 0. The standard InChI is InChI=1S/C16H20N4O2S/c1-12-9-23-15(19-12)8-20-10-16(11-20)6-13(2-5-21-16)22-14-7-17-3-4-18-14/h3-4,7,9,13H,2,5-6,8,10-11H2,1H3/t13-/m0/s1. The summed E-state index contributed by atoms with van der Waals surface area (Å²) in [5, 5.41) is 3.28. The predicted molar refractivity (Wildman–Crippen MR) is 86.5 cm³/mol. The average molecular weight is 332 g/mol. The molecule has 0 aliphatic carbocycles. The zero-order valence-electron chi connectivity index (χ0n) is 13.1. The smallest absolute Gasteiger partial charge is 0.232 e. The molecule has 0 amide bonds. The fourth-order valence-corrected chi connectivity index (χ4v) is 4.18. The van der Waals surface area contributed by atoms with E-state index < -0.39 is 0 Å². The highest BCUT2D eigenvalue weighted by atomic mass is 32.1. The second-order valence-electron chi connectivity index (χ2n) is 6.34. The van der Waals surface area contributed by atoms with Crippen molar-refractivity contribution in [1.29, 1.82) is 0 Å². The second-order valence-corrected chi connectivity index (χ2v) is 7.28. The summed E-state index contributed by atoms with van der Waals surface area (Å²) in [6.07, 6.45) is 6.96. The van der Waals surface area contributed by atoms with Crippen LogP contribution in [-0.2, 0) is 11.3 Å². The normalized spacial score (nSPS) is 23.6. The molecule has 2 aliphatic rings. The van der Waals surface area contributed by atoms with E-state index in [1.165, 1.54) is 5.01 Å². The van der Waals surface area contributed by atoms with Crippen LogP contribution in [0.25, 0.3) is 0 Å². The van der Waals surface area contributed by atoms with E-state index in [2.05, 4.69) is 25.2 Å². The quantitative estimate of drug-likeness (QED) is 0.854. The predicted octanol–water partition coefficient (Wildman–Crippen LogP) is 2.05. The first-order valence-corrected chi connectivity index (χ1v) is 8.79. The second kappa shape index (κ2) is 6.14. The van der Waals surface area contributed by atoms with E-state index in [1.54, 1.807) is 29.9 Å². The van der Waals surface area contributed by atoms with Crippen LogP contribution in [0.5, 0.6) is 5.88 Å². The Hall–Kier alpha value is -1.57. The molecular weight excluding hydrogens is 312 g/mol. The SMILES string of the molecule is Cc1csc(CN2CC3(C[C@@H](Oc4cnccn4)CCO3)C2)n1. The van der Waals surface area contributed by atoms with Gasteiger partial charge in [-0.2, -0.15) is 0 Å². The fourth-order valence-electron chi connectivity index (χ4n) is 3.37. The van der Waals surface area contributed by atoms with Crippen molar-refractivity contribution in [3.05, 3.63) is 34.7 Å². The van der Waals surface area contributed by atoms with Crippen LogP contribution in [0.15, 0.2) is 24.0 Å². The van der Waals surface area contributed by atoms with Crippen LogP contribution >= 0.6 is 11.3 Å². The fraction of sp³-hybridized carbons (Fsp3) is 0.562. The average Bonchev–Trinajstić information content (AvgIpc) is 2.92. The van der Waals surface area contributed by atoms with Crippen molar-refractivity contribution in [2.45, 2.75) is 38.0 Å². The molecule has 1 spiro atoms. The van der Waals surface area contributed by atoms with Gasteiger partial charge in [-0.15, -0.1) is 11.3 Å². The summed E-state index contributed by atoms with van der Waals surface area (Å²) in [6.45, 7) is 5.60. The minimum Gasteiger partial charge on any atom is -0.473 e. The van der Waals surface area contributed by atoms with E-state index in [4.69, 9.17) is 9.47 Å². The van der Waals surface area contributed by atoms with Gasteiger partial charge in [-0.1, -0.05) is 0 Å². The topological polar surface area (TPSA) is 60.4 Å². The minimum atomic E-state index is -0.0581. The van der Waals surface area contributed by atoms with Crippen LogP contribution in [0.4, 0.5) is 0 Å². The number of thiazole rings is 1. The number of likely N-dealkylation sites (tertiary alicyclic amines) is 1. The first-order chi connectivity index (χ1) is 11.2. The number of ether oxygens (including phenoxy) is 2. The molecule has 2 aromatic rings. The summed E-state index contributed by atoms with van der Waals surface area (Å²) in [4.78, 5) is 15.2. The first kappa shape index (κ1) is 15.0. The zero-order chi connectivity index (χ0) is 15.7. The number of aromatic nitrogens is 3. The van der Waals surface area contributed by atoms with Crippen LogP contribution in [0.2, 0.25) is 0 Å². The molecule has 0 N–H and O–H groups in total. The van der Waals surface area contributed by atoms with Crippen LogP contribution < -0.4 is 4.74 Å². The lowest BCUT2D eigenvalue weighted by atomic mass is 9.85. The Morgan fingerprint density at radius 2 is 2.35 bits per heavy atom. The van der Waals surface area contributed by atoms with E-state index in [0.29, 0.717) is 5.88 Å². The summed E-state index contributed by atoms with van der Waals surface area (Å²) < 4.78 is 12.0. The van der Waals surface area contributed by atoms with Crippen molar-refractivity contribution in [2.75, 3.05) is 19.7 Å². The van der Waals surface area contributed by atoms with Gasteiger partial charge in [-0.3, -0.25) is 9.88 Å². The third-order valence-electron chi connectivity index (χ3n) is 4.32. The van der Waals surface area contributed by atoms with Crippen molar-refractivity contribution in [3.8, 4) is 5.88 Å². The Bertz CT molecular complexity index is 657. The van der Waals surface area contributed by atoms with Gasteiger partial charge in [0.1, 0.15) is 11.1 Å². The molecule has 1 atom stereocenters. The lowest BCUT2D eigenvalue weighted by Crippen LogP contribution is -2.65. The number of hydrogen-bond donors (Lipinski definition) is 0. The maximum absolute atomic E-state index is 6.07. The van der Waals surface area contributed by atoms with E-state index >= 15 is 0 Å². The molecule has 2 aliphatic heterocycles. The van der Waals surface area contributed by atoms with Crippen molar-refractivity contribution in [2.24, 2.45) is 0 Å². The molecule has 0 unspecified atom stereocenters. The highest BCUT2D eigenvalue weighted by Gasteiger charge is 2.48. The Morgan fingerprint density at radius 3 is 3.09 bits per heavy atom. The summed E-state index contributed by atoms with van der Waals surface area (Å²) in [5.74, 6) is 0.601. The van der Waals surface area contributed by atoms with Gasteiger partial charge in [0.15, 0.2) is 0 Å². The van der Waals surface area contributed by atoms with Gasteiger partial charge < -0.3 is 9.47 Å². The summed E-state index contributed by atoms with van der Waals surface area (Å²) >= 11 is 1.73. The molecule has 2 saturated heterocycles. The third-order valence-corrected chi connectivity index (χ3v) is 5.28. The van der Waals surface area contributed by atoms with E-state index in [9.17, 15) is 0 Å².